The first-order valence-corrected chi connectivity index (χ1v) is 7.39. The molecule has 0 aliphatic carbocycles. The van der Waals surface area contributed by atoms with E-state index < -0.39 is 0 Å². The molecule has 6 heteroatoms. The molecule has 1 aromatic heterocycles. The lowest BCUT2D eigenvalue weighted by Gasteiger charge is -2.04. The van der Waals surface area contributed by atoms with Gasteiger partial charge in [0.2, 0.25) is 0 Å². The Bertz CT molecular complexity index is 756. The van der Waals surface area contributed by atoms with E-state index in [2.05, 4.69) is 26.1 Å². The zero-order valence-electron chi connectivity index (χ0n) is 11.8. The first kappa shape index (κ1) is 14.6. The molecule has 0 spiro atoms. The zero-order chi connectivity index (χ0) is 15.4. The Morgan fingerprint density at radius 2 is 1.82 bits per heavy atom. The standard InChI is InChI=1S/C16H13BrN2O3/c1-20-14-5-3-2-4-13(14)16-19-18-15(22-16)10-21-12-8-6-11(17)7-9-12/h2-9H,10H2,1H3. The molecule has 0 saturated carbocycles. The third kappa shape index (κ3) is 3.28. The van der Waals surface area contributed by atoms with Crippen LogP contribution in [0.1, 0.15) is 5.89 Å². The molecule has 0 fully saturated rings. The number of halogens is 1. The van der Waals surface area contributed by atoms with Crippen molar-refractivity contribution in [3.8, 4) is 23.0 Å². The molecule has 0 N–H and O–H groups in total. The number of para-hydroxylation sites is 1. The molecule has 1 heterocycles. The second kappa shape index (κ2) is 6.62. The van der Waals surface area contributed by atoms with Crippen LogP contribution in [0.5, 0.6) is 11.5 Å². The first-order valence-electron chi connectivity index (χ1n) is 6.60. The van der Waals surface area contributed by atoms with Crippen LogP contribution in [0.4, 0.5) is 0 Å². The van der Waals surface area contributed by atoms with Gasteiger partial charge in [-0.05, 0) is 36.4 Å². The van der Waals surface area contributed by atoms with Crippen molar-refractivity contribution in [3.63, 3.8) is 0 Å². The van der Waals surface area contributed by atoms with Gasteiger partial charge in [0.15, 0.2) is 6.61 Å². The predicted octanol–water partition coefficient (Wildman–Crippen LogP) is 4.09. The van der Waals surface area contributed by atoms with E-state index in [-0.39, 0.29) is 6.61 Å². The number of rotatable bonds is 5. The molecule has 3 aromatic rings. The maximum Gasteiger partial charge on any atom is 0.254 e. The summed E-state index contributed by atoms with van der Waals surface area (Å²) in [5, 5.41) is 8.03. The Balaban J connectivity index is 1.72. The Hall–Kier alpha value is -2.34. The highest BCUT2D eigenvalue weighted by molar-refractivity contribution is 9.10. The Labute approximate surface area is 136 Å². The minimum atomic E-state index is 0.212. The lowest BCUT2D eigenvalue weighted by atomic mass is 10.2. The highest BCUT2D eigenvalue weighted by atomic mass is 79.9. The van der Waals surface area contributed by atoms with E-state index in [0.29, 0.717) is 17.5 Å². The Morgan fingerprint density at radius 1 is 1.05 bits per heavy atom. The quantitative estimate of drug-likeness (QED) is 0.685. The van der Waals surface area contributed by atoms with Crippen molar-refractivity contribution in [1.29, 1.82) is 0 Å². The van der Waals surface area contributed by atoms with E-state index >= 15 is 0 Å². The summed E-state index contributed by atoms with van der Waals surface area (Å²) in [7, 11) is 1.60. The van der Waals surface area contributed by atoms with Gasteiger partial charge in [-0.2, -0.15) is 0 Å². The molecular weight excluding hydrogens is 348 g/mol. The van der Waals surface area contributed by atoms with Crippen LogP contribution in [-0.2, 0) is 6.61 Å². The summed E-state index contributed by atoms with van der Waals surface area (Å²) in [6, 6.07) is 15.0. The molecule has 0 unspecified atom stereocenters. The van der Waals surface area contributed by atoms with Crippen molar-refractivity contribution in [2.75, 3.05) is 7.11 Å². The van der Waals surface area contributed by atoms with Gasteiger partial charge >= 0.3 is 0 Å². The number of hydrogen-bond acceptors (Lipinski definition) is 5. The minimum Gasteiger partial charge on any atom is -0.496 e. The third-order valence-electron chi connectivity index (χ3n) is 2.98. The van der Waals surface area contributed by atoms with Crippen LogP contribution in [0, 0.1) is 0 Å². The summed E-state index contributed by atoms with van der Waals surface area (Å²) < 4.78 is 17.5. The number of nitrogens with zero attached hydrogens (tertiary/aromatic N) is 2. The molecule has 0 atom stereocenters. The summed E-state index contributed by atoms with van der Waals surface area (Å²) in [6.45, 7) is 0.212. The maximum absolute atomic E-state index is 5.62. The highest BCUT2D eigenvalue weighted by Gasteiger charge is 2.13. The second-order valence-electron chi connectivity index (χ2n) is 4.44. The van der Waals surface area contributed by atoms with Crippen LogP contribution >= 0.6 is 15.9 Å². The molecule has 0 saturated heterocycles. The fourth-order valence-corrected chi connectivity index (χ4v) is 2.18. The van der Waals surface area contributed by atoms with Gasteiger partial charge in [0.1, 0.15) is 11.5 Å². The van der Waals surface area contributed by atoms with Crippen LogP contribution in [-0.4, -0.2) is 17.3 Å². The van der Waals surface area contributed by atoms with Crippen LogP contribution < -0.4 is 9.47 Å². The van der Waals surface area contributed by atoms with Gasteiger partial charge in [-0.1, -0.05) is 28.1 Å². The molecule has 0 radical (unpaired) electrons. The lowest BCUT2D eigenvalue weighted by molar-refractivity contribution is 0.264. The molecular formula is C16H13BrN2O3. The summed E-state index contributed by atoms with van der Waals surface area (Å²) in [4.78, 5) is 0. The largest absolute Gasteiger partial charge is 0.496 e. The van der Waals surface area contributed by atoms with Crippen molar-refractivity contribution >= 4 is 15.9 Å². The summed E-state index contributed by atoms with van der Waals surface area (Å²) in [5.74, 6) is 2.24. The predicted molar refractivity (Wildman–Crippen MR) is 84.8 cm³/mol. The summed E-state index contributed by atoms with van der Waals surface area (Å²) >= 11 is 3.38. The Kier molecular flexibility index (Phi) is 4.39. The molecule has 3 rings (SSSR count). The van der Waals surface area contributed by atoms with Crippen LogP contribution in [0.25, 0.3) is 11.5 Å². The van der Waals surface area contributed by atoms with Crippen molar-refractivity contribution in [3.05, 3.63) is 58.9 Å². The smallest absolute Gasteiger partial charge is 0.254 e. The average Bonchev–Trinajstić information content (AvgIpc) is 3.03. The maximum atomic E-state index is 5.62. The van der Waals surface area contributed by atoms with Gasteiger partial charge in [-0.3, -0.25) is 0 Å². The number of ether oxygens (including phenoxy) is 2. The van der Waals surface area contributed by atoms with E-state index in [0.717, 1.165) is 15.8 Å². The molecule has 0 bridgehead atoms. The summed E-state index contributed by atoms with van der Waals surface area (Å²) in [5.41, 5.74) is 0.757. The number of aromatic nitrogens is 2. The summed E-state index contributed by atoms with van der Waals surface area (Å²) in [6.07, 6.45) is 0. The topological polar surface area (TPSA) is 57.4 Å². The SMILES string of the molecule is COc1ccccc1-c1nnc(COc2ccc(Br)cc2)o1. The van der Waals surface area contributed by atoms with E-state index in [9.17, 15) is 0 Å². The molecule has 0 aliphatic rings. The van der Waals surface area contributed by atoms with Crippen molar-refractivity contribution in [2.45, 2.75) is 6.61 Å². The molecule has 22 heavy (non-hydrogen) atoms. The number of hydrogen-bond donors (Lipinski definition) is 0. The molecule has 0 aliphatic heterocycles. The highest BCUT2D eigenvalue weighted by Crippen LogP contribution is 2.28. The fraction of sp³-hybridized carbons (Fsp3) is 0.125. The molecule has 5 nitrogen and oxygen atoms in total. The van der Waals surface area contributed by atoms with E-state index in [1.54, 1.807) is 7.11 Å². The van der Waals surface area contributed by atoms with E-state index in [4.69, 9.17) is 13.9 Å². The third-order valence-corrected chi connectivity index (χ3v) is 3.51. The van der Waals surface area contributed by atoms with Gasteiger partial charge in [0, 0.05) is 4.47 Å². The van der Waals surface area contributed by atoms with Crippen molar-refractivity contribution in [2.24, 2.45) is 0 Å². The van der Waals surface area contributed by atoms with Crippen molar-refractivity contribution in [1.82, 2.24) is 10.2 Å². The van der Waals surface area contributed by atoms with Crippen LogP contribution in [0.2, 0.25) is 0 Å². The molecule has 2 aromatic carbocycles. The first-order chi connectivity index (χ1) is 10.8. The zero-order valence-corrected chi connectivity index (χ0v) is 13.4. The van der Waals surface area contributed by atoms with E-state index in [1.165, 1.54) is 0 Å². The van der Waals surface area contributed by atoms with E-state index in [1.807, 2.05) is 48.5 Å². The average molecular weight is 361 g/mol. The fourth-order valence-electron chi connectivity index (χ4n) is 1.92. The Morgan fingerprint density at radius 3 is 2.59 bits per heavy atom. The minimum absolute atomic E-state index is 0.212. The lowest BCUT2D eigenvalue weighted by Crippen LogP contribution is -1.95. The number of methoxy groups -OCH3 is 1. The van der Waals surface area contributed by atoms with Crippen LogP contribution in [0.3, 0.4) is 0 Å². The van der Waals surface area contributed by atoms with Gasteiger partial charge in [-0.25, -0.2) is 0 Å². The normalized spacial score (nSPS) is 10.5. The van der Waals surface area contributed by atoms with Gasteiger partial charge in [0.05, 0.1) is 12.7 Å². The van der Waals surface area contributed by atoms with Gasteiger partial charge < -0.3 is 13.9 Å². The monoisotopic (exact) mass is 360 g/mol. The van der Waals surface area contributed by atoms with Gasteiger partial charge in [0.25, 0.3) is 11.8 Å². The molecule has 0 amide bonds. The van der Waals surface area contributed by atoms with Gasteiger partial charge in [-0.15, -0.1) is 10.2 Å². The molecule has 112 valence electrons. The van der Waals surface area contributed by atoms with Crippen molar-refractivity contribution < 1.29 is 13.9 Å². The van der Waals surface area contributed by atoms with Crippen LogP contribution in [0.15, 0.2) is 57.4 Å². The second-order valence-corrected chi connectivity index (χ2v) is 5.36. The number of benzene rings is 2.